The average molecular weight is 433 g/mol. The van der Waals surface area contributed by atoms with Crippen LogP contribution in [0.2, 0.25) is 5.02 Å². The summed E-state index contributed by atoms with van der Waals surface area (Å²) in [5.74, 6) is 0.489. The molecule has 0 bridgehead atoms. The fourth-order valence-corrected chi connectivity index (χ4v) is 3.14. The highest BCUT2D eigenvalue weighted by Gasteiger charge is 2.21. The molecule has 5 heteroatoms. The van der Waals surface area contributed by atoms with E-state index in [9.17, 15) is 4.79 Å². The largest absolute Gasteiger partial charge is 0.496 e. The number of benzene rings is 2. The Morgan fingerprint density at radius 2 is 1.81 bits per heavy atom. The lowest BCUT2D eigenvalue weighted by atomic mass is 9.96. The van der Waals surface area contributed by atoms with E-state index < -0.39 is 0 Å². The number of methoxy groups -OCH3 is 1. The second-order valence-electron chi connectivity index (χ2n) is 4.67. The van der Waals surface area contributed by atoms with Crippen LogP contribution in [0.1, 0.15) is 27.0 Å². The minimum Gasteiger partial charge on any atom is -0.496 e. The predicted octanol–water partition coefficient (Wildman–Crippen LogP) is 5.72. The van der Waals surface area contributed by atoms with Crippen molar-refractivity contribution in [2.24, 2.45) is 0 Å². The van der Waals surface area contributed by atoms with Crippen LogP contribution in [0.5, 0.6) is 5.75 Å². The molecular weight excluding hydrogens is 419 g/mol. The maximum Gasteiger partial charge on any atom is 0.197 e. The van der Waals surface area contributed by atoms with E-state index in [2.05, 4.69) is 31.9 Å². The Kier molecular flexibility index (Phi) is 5.12. The highest BCUT2D eigenvalue weighted by atomic mass is 79.9. The van der Waals surface area contributed by atoms with Crippen LogP contribution in [-0.2, 0) is 0 Å². The van der Waals surface area contributed by atoms with Crippen LogP contribution in [0.3, 0.4) is 0 Å². The van der Waals surface area contributed by atoms with Crippen LogP contribution in [0.4, 0.5) is 0 Å². The first-order valence-corrected chi connectivity index (χ1v) is 8.16. The molecule has 0 saturated heterocycles. The molecule has 110 valence electrons. The standard InChI is InChI=1S/C16H13Br2ClO2/c1-8-6-12(18)9(2)14(16(8)21-3)15(20)10-4-5-11(17)13(19)7-10/h4-7H,1-3H3. The van der Waals surface area contributed by atoms with Gasteiger partial charge in [0.1, 0.15) is 5.75 Å². The van der Waals surface area contributed by atoms with E-state index in [1.54, 1.807) is 25.3 Å². The molecule has 0 heterocycles. The van der Waals surface area contributed by atoms with E-state index in [4.69, 9.17) is 16.3 Å². The first-order chi connectivity index (χ1) is 9.86. The van der Waals surface area contributed by atoms with Gasteiger partial charge in [-0.25, -0.2) is 0 Å². The maximum absolute atomic E-state index is 12.8. The Morgan fingerprint density at radius 1 is 1.14 bits per heavy atom. The van der Waals surface area contributed by atoms with Crippen molar-refractivity contribution in [3.05, 3.63) is 60.5 Å². The monoisotopic (exact) mass is 430 g/mol. The minimum atomic E-state index is -0.108. The lowest BCUT2D eigenvalue weighted by Crippen LogP contribution is -2.08. The number of rotatable bonds is 3. The molecule has 2 rings (SSSR count). The topological polar surface area (TPSA) is 26.3 Å². The molecule has 0 saturated carbocycles. The van der Waals surface area contributed by atoms with E-state index in [0.717, 1.165) is 20.1 Å². The number of halogens is 3. The van der Waals surface area contributed by atoms with Gasteiger partial charge in [-0.3, -0.25) is 4.79 Å². The van der Waals surface area contributed by atoms with Crippen molar-refractivity contribution in [3.63, 3.8) is 0 Å². The van der Waals surface area contributed by atoms with Gasteiger partial charge in [0.25, 0.3) is 0 Å². The fraction of sp³-hybridized carbons (Fsp3) is 0.188. The predicted molar refractivity (Wildman–Crippen MR) is 92.8 cm³/mol. The summed E-state index contributed by atoms with van der Waals surface area (Å²) in [7, 11) is 1.57. The number of ketones is 1. The van der Waals surface area contributed by atoms with E-state index in [-0.39, 0.29) is 5.78 Å². The third-order valence-electron chi connectivity index (χ3n) is 3.27. The van der Waals surface area contributed by atoms with Crippen LogP contribution in [0.25, 0.3) is 0 Å². The van der Waals surface area contributed by atoms with Gasteiger partial charge in [0, 0.05) is 14.5 Å². The molecule has 0 aromatic heterocycles. The quantitative estimate of drug-likeness (QED) is 0.580. The summed E-state index contributed by atoms with van der Waals surface area (Å²) in [6.07, 6.45) is 0. The second kappa shape index (κ2) is 6.51. The van der Waals surface area contributed by atoms with Crippen molar-refractivity contribution >= 4 is 49.2 Å². The van der Waals surface area contributed by atoms with Crippen molar-refractivity contribution in [1.82, 2.24) is 0 Å². The number of carbonyl (C=O) groups excluding carboxylic acids is 1. The van der Waals surface area contributed by atoms with Gasteiger partial charge in [0.2, 0.25) is 0 Å². The highest BCUT2D eigenvalue weighted by Crippen LogP contribution is 2.34. The zero-order valence-corrected chi connectivity index (χ0v) is 15.7. The summed E-state index contributed by atoms with van der Waals surface area (Å²) in [5, 5.41) is 0.504. The van der Waals surface area contributed by atoms with Gasteiger partial charge in [-0.1, -0.05) is 27.5 Å². The first kappa shape index (κ1) is 16.5. The van der Waals surface area contributed by atoms with Crippen LogP contribution in [0, 0.1) is 13.8 Å². The molecule has 0 atom stereocenters. The molecule has 0 spiro atoms. The number of hydrogen-bond acceptors (Lipinski definition) is 2. The maximum atomic E-state index is 12.8. The Morgan fingerprint density at radius 3 is 2.38 bits per heavy atom. The SMILES string of the molecule is COc1c(C)cc(Br)c(C)c1C(=O)c1ccc(Br)c(Cl)c1. The van der Waals surface area contributed by atoms with Crippen molar-refractivity contribution in [2.45, 2.75) is 13.8 Å². The summed E-state index contributed by atoms with van der Waals surface area (Å²) in [5.41, 5.74) is 2.84. The zero-order chi connectivity index (χ0) is 15.7. The smallest absolute Gasteiger partial charge is 0.197 e. The molecular formula is C16H13Br2ClO2. The Balaban J connectivity index is 2.65. The Labute approximate surface area is 145 Å². The normalized spacial score (nSPS) is 10.6. The Hall–Kier alpha value is -0.840. The van der Waals surface area contributed by atoms with Gasteiger partial charge < -0.3 is 4.74 Å². The minimum absolute atomic E-state index is 0.108. The van der Waals surface area contributed by atoms with Crippen LogP contribution < -0.4 is 4.74 Å². The molecule has 2 aromatic carbocycles. The van der Waals surface area contributed by atoms with Crippen molar-refractivity contribution in [3.8, 4) is 5.75 Å². The molecule has 0 aliphatic heterocycles. The van der Waals surface area contributed by atoms with Crippen molar-refractivity contribution in [1.29, 1.82) is 0 Å². The lowest BCUT2D eigenvalue weighted by molar-refractivity contribution is 0.103. The van der Waals surface area contributed by atoms with Gasteiger partial charge in [0.15, 0.2) is 5.78 Å². The van der Waals surface area contributed by atoms with E-state index in [1.165, 1.54) is 0 Å². The molecule has 21 heavy (non-hydrogen) atoms. The third kappa shape index (κ3) is 3.17. The number of hydrogen-bond donors (Lipinski definition) is 0. The van der Waals surface area contributed by atoms with Crippen LogP contribution in [0.15, 0.2) is 33.2 Å². The molecule has 0 aliphatic carbocycles. The molecule has 2 nitrogen and oxygen atoms in total. The molecule has 0 radical (unpaired) electrons. The van der Waals surface area contributed by atoms with E-state index in [0.29, 0.717) is 21.9 Å². The van der Waals surface area contributed by atoms with E-state index in [1.807, 2.05) is 19.9 Å². The molecule has 0 unspecified atom stereocenters. The molecule has 2 aromatic rings. The fourth-order valence-electron chi connectivity index (χ4n) is 2.17. The molecule has 0 fully saturated rings. The van der Waals surface area contributed by atoms with Gasteiger partial charge in [-0.2, -0.15) is 0 Å². The van der Waals surface area contributed by atoms with E-state index >= 15 is 0 Å². The van der Waals surface area contributed by atoms with Crippen molar-refractivity contribution in [2.75, 3.05) is 7.11 Å². The average Bonchev–Trinajstić information content (AvgIpc) is 2.44. The zero-order valence-electron chi connectivity index (χ0n) is 11.8. The summed E-state index contributed by atoms with van der Waals surface area (Å²) >= 11 is 12.9. The van der Waals surface area contributed by atoms with Gasteiger partial charge in [-0.05, 0) is 65.2 Å². The molecule has 0 N–H and O–H groups in total. The second-order valence-corrected chi connectivity index (χ2v) is 6.78. The highest BCUT2D eigenvalue weighted by molar-refractivity contribution is 9.10. The first-order valence-electron chi connectivity index (χ1n) is 6.20. The Bertz CT molecular complexity index is 727. The van der Waals surface area contributed by atoms with Crippen LogP contribution >= 0.6 is 43.5 Å². The number of ether oxygens (including phenoxy) is 1. The number of aryl methyl sites for hydroxylation is 1. The lowest BCUT2D eigenvalue weighted by Gasteiger charge is -2.15. The third-order valence-corrected chi connectivity index (χ3v) is 5.33. The molecule has 0 amide bonds. The van der Waals surface area contributed by atoms with Crippen LogP contribution in [-0.4, -0.2) is 12.9 Å². The van der Waals surface area contributed by atoms with Gasteiger partial charge in [-0.15, -0.1) is 0 Å². The van der Waals surface area contributed by atoms with Crippen molar-refractivity contribution < 1.29 is 9.53 Å². The summed E-state index contributed by atoms with van der Waals surface area (Å²) in [4.78, 5) is 12.8. The van der Waals surface area contributed by atoms with Gasteiger partial charge >= 0.3 is 0 Å². The summed E-state index contributed by atoms with van der Waals surface area (Å²) < 4.78 is 7.07. The number of carbonyl (C=O) groups is 1. The molecule has 0 aliphatic rings. The van der Waals surface area contributed by atoms with Gasteiger partial charge in [0.05, 0.1) is 17.7 Å². The summed E-state index contributed by atoms with van der Waals surface area (Å²) in [6, 6.07) is 7.11. The summed E-state index contributed by atoms with van der Waals surface area (Å²) in [6.45, 7) is 3.80.